The highest BCUT2D eigenvalue weighted by Gasteiger charge is 2.20. The van der Waals surface area contributed by atoms with Crippen LogP contribution in [0.2, 0.25) is 10.0 Å². The molecule has 0 bridgehead atoms. The molecule has 2 heterocycles. The SMILES string of the molecule is C[C@@H]1CCCCN1Cn1nc(-c2ccc(Cl)cc2Cl)oc1=S. The number of hydrogen-bond acceptors (Lipinski definition) is 4. The lowest BCUT2D eigenvalue weighted by Gasteiger charge is -2.32. The molecule has 1 aromatic heterocycles. The second kappa shape index (κ2) is 6.71. The van der Waals surface area contributed by atoms with Crippen LogP contribution in [0.3, 0.4) is 0 Å². The number of rotatable bonds is 3. The smallest absolute Gasteiger partial charge is 0.288 e. The number of aromatic nitrogens is 2. The molecule has 1 aliphatic heterocycles. The van der Waals surface area contributed by atoms with E-state index in [1.807, 2.05) is 0 Å². The first-order valence-electron chi connectivity index (χ1n) is 7.32. The summed E-state index contributed by atoms with van der Waals surface area (Å²) in [7, 11) is 0. The molecule has 0 spiro atoms. The van der Waals surface area contributed by atoms with Crippen LogP contribution >= 0.6 is 35.4 Å². The number of benzene rings is 1. The highest BCUT2D eigenvalue weighted by Crippen LogP contribution is 2.29. The summed E-state index contributed by atoms with van der Waals surface area (Å²) in [6.45, 7) is 3.95. The van der Waals surface area contributed by atoms with E-state index in [0.717, 1.165) is 6.54 Å². The van der Waals surface area contributed by atoms with Crippen LogP contribution in [-0.2, 0) is 6.67 Å². The van der Waals surface area contributed by atoms with E-state index in [0.29, 0.717) is 39.0 Å². The molecular formula is C15H17Cl2N3OS. The van der Waals surface area contributed by atoms with Crippen molar-refractivity contribution in [3.63, 3.8) is 0 Å². The Morgan fingerprint density at radius 1 is 1.36 bits per heavy atom. The van der Waals surface area contributed by atoms with Gasteiger partial charge in [-0.2, -0.15) is 0 Å². The van der Waals surface area contributed by atoms with Crippen molar-refractivity contribution in [2.24, 2.45) is 0 Å². The predicted molar refractivity (Wildman–Crippen MR) is 90.8 cm³/mol. The number of piperidine rings is 1. The van der Waals surface area contributed by atoms with Crippen LogP contribution in [0.5, 0.6) is 0 Å². The molecule has 0 unspecified atom stereocenters. The Bertz CT molecular complexity index is 728. The average Bonchev–Trinajstić information content (AvgIpc) is 2.82. The summed E-state index contributed by atoms with van der Waals surface area (Å²) in [5, 5.41) is 5.56. The number of halogens is 2. The van der Waals surface area contributed by atoms with Gasteiger partial charge in [0.1, 0.15) is 0 Å². The van der Waals surface area contributed by atoms with Gasteiger partial charge >= 0.3 is 0 Å². The zero-order chi connectivity index (χ0) is 15.7. The van der Waals surface area contributed by atoms with Crippen molar-refractivity contribution in [1.29, 1.82) is 0 Å². The summed E-state index contributed by atoms with van der Waals surface area (Å²) in [5.41, 5.74) is 0.697. The van der Waals surface area contributed by atoms with Crippen LogP contribution in [-0.4, -0.2) is 27.3 Å². The maximum atomic E-state index is 6.20. The topological polar surface area (TPSA) is 34.2 Å². The molecule has 1 atom stereocenters. The monoisotopic (exact) mass is 357 g/mol. The predicted octanol–water partition coefficient (Wildman–Crippen LogP) is 5.01. The molecule has 1 aliphatic rings. The van der Waals surface area contributed by atoms with Gasteiger partial charge in [0, 0.05) is 17.6 Å². The van der Waals surface area contributed by atoms with Gasteiger partial charge in [-0.1, -0.05) is 29.6 Å². The van der Waals surface area contributed by atoms with E-state index >= 15 is 0 Å². The van der Waals surface area contributed by atoms with Gasteiger partial charge in [0.15, 0.2) is 0 Å². The normalized spacial score (nSPS) is 19.5. The molecule has 3 rings (SSSR count). The molecule has 0 saturated carbocycles. The third kappa shape index (κ3) is 3.38. The van der Waals surface area contributed by atoms with Gasteiger partial charge in [-0.05, 0) is 50.2 Å². The second-order valence-corrected chi connectivity index (χ2v) is 6.79. The van der Waals surface area contributed by atoms with Crippen LogP contribution in [0.1, 0.15) is 26.2 Å². The standard InChI is InChI=1S/C15H17Cl2N3OS/c1-10-4-2-3-7-19(10)9-20-15(22)21-14(18-20)12-6-5-11(16)8-13(12)17/h5-6,8,10H,2-4,7,9H2,1H3/t10-/m1/s1. The van der Waals surface area contributed by atoms with E-state index in [9.17, 15) is 0 Å². The Kier molecular flexibility index (Phi) is 4.88. The van der Waals surface area contributed by atoms with Crippen LogP contribution in [0, 0.1) is 4.84 Å². The van der Waals surface area contributed by atoms with Gasteiger partial charge in [-0.15, -0.1) is 5.10 Å². The lowest BCUT2D eigenvalue weighted by Crippen LogP contribution is -2.38. The minimum Gasteiger partial charge on any atom is -0.409 e. The molecule has 0 N–H and O–H groups in total. The van der Waals surface area contributed by atoms with E-state index in [2.05, 4.69) is 16.9 Å². The van der Waals surface area contributed by atoms with E-state index in [-0.39, 0.29) is 0 Å². The van der Waals surface area contributed by atoms with Gasteiger partial charge in [-0.25, -0.2) is 4.68 Å². The maximum Gasteiger partial charge on any atom is 0.288 e. The Labute approximate surface area is 144 Å². The third-order valence-electron chi connectivity index (χ3n) is 4.02. The Morgan fingerprint density at radius 2 is 2.18 bits per heavy atom. The summed E-state index contributed by atoms with van der Waals surface area (Å²) < 4.78 is 7.33. The van der Waals surface area contributed by atoms with Crippen molar-refractivity contribution in [1.82, 2.24) is 14.7 Å². The van der Waals surface area contributed by atoms with Crippen molar-refractivity contribution < 1.29 is 4.42 Å². The second-order valence-electron chi connectivity index (χ2n) is 5.60. The molecule has 0 radical (unpaired) electrons. The van der Waals surface area contributed by atoms with Gasteiger partial charge in [0.05, 0.1) is 17.3 Å². The van der Waals surface area contributed by atoms with Crippen molar-refractivity contribution >= 4 is 35.4 Å². The third-order valence-corrected chi connectivity index (χ3v) is 4.87. The fraction of sp³-hybridized carbons (Fsp3) is 0.467. The zero-order valence-electron chi connectivity index (χ0n) is 12.3. The van der Waals surface area contributed by atoms with E-state index in [1.54, 1.807) is 22.9 Å². The lowest BCUT2D eigenvalue weighted by atomic mass is 10.0. The van der Waals surface area contributed by atoms with E-state index in [4.69, 9.17) is 39.8 Å². The summed E-state index contributed by atoms with van der Waals surface area (Å²) in [6.07, 6.45) is 3.71. The highest BCUT2D eigenvalue weighted by atomic mass is 35.5. The minimum atomic E-state index is 0.360. The van der Waals surface area contributed by atoms with Crippen LogP contribution in [0.25, 0.3) is 11.5 Å². The molecule has 1 aromatic carbocycles. The van der Waals surface area contributed by atoms with Gasteiger partial charge in [0.2, 0.25) is 5.89 Å². The lowest BCUT2D eigenvalue weighted by molar-refractivity contribution is 0.113. The first kappa shape index (κ1) is 16.0. The number of nitrogens with zero attached hydrogens (tertiary/aromatic N) is 3. The first-order chi connectivity index (χ1) is 10.5. The molecule has 1 saturated heterocycles. The minimum absolute atomic E-state index is 0.360. The van der Waals surface area contributed by atoms with Gasteiger partial charge in [0.25, 0.3) is 4.84 Å². The van der Waals surface area contributed by atoms with Gasteiger partial charge < -0.3 is 4.42 Å². The molecule has 0 amide bonds. The number of hydrogen-bond donors (Lipinski definition) is 0. The molecule has 4 nitrogen and oxygen atoms in total. The number of likely N-dealkylation sites (tertiary alicyclic amines) is 1. The Hall–Kier alpha value is -0.880. The van der Waals surface area contributed by atoms with Crippen LogP contribution < -0.4 is 0 Å². The first-order valence-corrected chi connectivity index (χ1v) is 8.48. The molecule has 1 fully saturated rings. The maximum absolute atomic E-state index is 6.20. The Balaban J connectivity index is 1.86. The van der Waals surface area contributed by atoms with E-state index in [1.165, 1.54) is 19.3 Å². The molecule has 22 heavy (non-hydrogen) atoms. The largest absolute Gasteiger partial charge is 0.409 e. The fourth-order valence-electron chi connectivity index (χ4n) is 2.71. The van der Waals surface area contributed by atoms with Crippen molar-refractivity contribution in [2.45, 2.75) is 38.9 Å². The molecule has 7 heteroatoms. The van der Waals surface area contributed by atoms with Crippen molar-refractivity contribution in [2.75, 3.05) is 6.54 Å². The molecular weight excluding hydrogens is 341 g/mol. The molecule has 2 aromatic rings. The summed E-state index contributed by atoms with van der Waals surface area (Å²) in [4.78, 5) is 2.73. The summed E-state index contributed by atoms with van der Waals surface area (Å²) in [5.74, 6) is 0.427. The quantitative estimate of drug-likeness (QED) is 0.722. The van der Waals surface area contributed by atoms with Crippen LogP contribution in [0.4, 0.5) is 0 Å². The fourth-order valence-corrected chi connectivity index (χ4v) is 3.37. The van der Waals surface area contributed by atoms with Crippen LogP contribution in [0.15, 0.2) is 22.6 Å². The van der Waals surface area contributed by atoms with Gasteiger partial charge in [-0.3, -0.25) is 4.90 Å². The molecule has 118 valence electrons. The zero-order valence-corrected chi connectivity index (χ0v) is 14.6. The summed E-state index contributed by atoms with van der Waals surface area (Å²) in [6, 6.07) is 5.75. The summed E-state index contributed by atoms with van der Waals surface area (Å²) >= 11 is 17.4. The molecule has 0 aliphatic carbocycles. The Morgan fingerprint density at radius 3 is 2.91 bits per heavy atom. The van der Waals surface area contributed by atoms with Crippen molar-refractivity contribution in [3.05, 3.63) is 33.1 Å². The van der Waals surface area contributed by atoms with E-state index < -0.39 is 0 Å². The highest BCUT2D eigenvalue weighted by molar-refractivity contribution is 7.71. The average molecular weight is 358 g/mol. The van der Waals surface area contributed by atoms with Crippen molar-refractivity contribution in [3.8, 4) is 11.5 Å².